The average molecular weight is 330 g/mol. The Morgan fingerprint density at radius 3 is 2.87 bits per heavy atom. The smallest absolute Gasteiger partial charge is 0.194 e. The van der Waals surface area contributed by atoms with Crippen LogP contribution in [-0.4, -0.2) is 22.3 Å². The molecule has 0 radical (unpaired) electrons. The fourth-order valence-electron chi connectivity index (χ4n) is 2.35. The number of aryl methyl sites for hydroxylation is 2. The molecule has 4 nitrogen and oxygen atoms in total. The number of carbonyl (C=O) groups is 1. The number of benzene rings is 1. The molecule has 0 aliphatic carbocycles. The molecule has 1 aromatic carbocycles. The van der Waals surface area contributed by atoms with Crippen molar-refractivity contribution in [2.45, 2.75) is 13.8 Å². The van der Waals surface area contributed by atoms with Crippen molar-refractivity contribution < 1.29 is 13.9 Å². The van der Waals surface area contributed by atoms with Crippen molar-refractivity contribution in [3.05, 3.63) is 58.1 Å². The topological polar surface area (TPSA) is 43.6 Å². The van der Waals surface area contributed by atoms with E-state index < -0.39 is 5.82 Å². The highest BCUT2D eigenvalue weighted by atomic mass is 32.1. The lowest BCUT2D eigenvalue weighted by molar-refractivity contribution is 0.104. The van der Waals surface area contributed by atoms with Gasteiger partial charge in [0.05, 0.1) is 18.5 Å². The molecule has 0 unspecified atom stereocenters. The van der Waals surface area contributed by atoms with Gasteiger partial charge in [0.1, 0.15) is 0 Å². The molecule has 0 fully saturated rings. The first kappa shape index (κ1) is 15.4. The Hall–Kier alpha value is -2.47. The van der Waals surface area contributed by atoms with E-state index in [9.17, 15) is 9.18 Å². The Bertz CT molecular complexity index is 924. The van der Waals surface area contributed by atoms with Crippen molar-refractivity contribution >= 4 is 28.2 Å². The second-order valence-electron chi connectivity index (χ2n) is 5.12. The first-order chi connectivity index (χ1) is 11.0. The predicted molar refractivity (Wildman–Crippen MR) is 88.9 cm³/mol. The van der Waals surface area contributed by atoms with E-state index in [-0.39, 0.29) is 17.1 Å². The van der Waals surface area contributed by atoms with Gasteiger partial charge >= 0.3 is 0 Å². The molecule has 23 heavy (non-hydrogen) atoms. The third-order valence-corrected chi connectivity index (χ3v) is 4.39. The van der Waals surface area contributed by atoms with Crippen LogP contribution in [0.2, 0.25) is 0 Å². The molecular formula is C17H15FN2O2S. The highest BCUT2D eigenvalue weighted by Crippen LogP contribution is 2.22. The molecule has 2 heterocycles. The summed E-state index contributed by atoms with van der Waals surface area (Å²) in [6, 6.07) is 4.17. The molecule has 0 amide bonds. The Kier molecular flexibility index (Phi) is 4.00. The van der Waals surface area contributed by atoms with Gasteiger partial charge in [0.25, 0.3) is 0 Å². The van der Waals surface area contributed by atoms with Gasteiger partial charge in [0.2, 0.25) is 0 Å². The van der Waals surface area contributed by atoms with Crippen molar-refractivity contribution in [2.24, 2.45) is 0 Å². The summed E-state index contributed by atoms with van der Waals surface area (Å²) in [5.41, 5.74) is 1.98. The van der Waals surface area contributed by atoms with Gasteiger partial charge in [0, 0.05) is 16.6 Å². The molecular weight excluding hydrogens is 315 g/mol. The number of imidazole rings is 1. The zero-order valence-corrected chi connectivity index (χ0v) is 13.8. The van der Waals surface area contributed by atoms with E-state index in [1.54, 1.807) is 23.5 Å². The molecule has 0 saturated carbocycles. The number of hydrogen-bond donors (Lipinski definition) is 0. The maximum atomic E-state index is 13.7. The number of methoxy groups -OCH3 is 1. The lowest BCUT2D eigenvalue weighted by Crippen LogP contribution is -1.97. The van der Waals surface area contributed by atoms with Gasteiger partial charge in [-0.1, -0.05) is 0 Å². The first-order valence-corrected chi connectivity index (χ1v) is 7.82. The van der Waals surface area contributed by atoms with Gasteiger partial charge in [-0.3, -0.25) is 9.20 Å². The van der Waals surface area contributed by atoms with Crippen LogP contribution in [-0.2, 0) is 0 Å². The maximum absolute atomic E-state index is 13.7. The van der Waals surface area contributed by atoms with Crippen molar-refractivity contribution in [2.75, 3.05) is 7.11 Å². The normalized spacial score (nSPS) is 11.5. The number of fused-ring (bicyclic) bond motifs is 1. The Morgan fingerprint density at radius 1 is 1.39 bits per heavy atom. The third kappa shape index (κ3) is 2.90. The van der Waals surface area contributed by atoms with E-state index in [4.69, 9.17) is 4.74 Å². The minimum Gasteiger partial charge on any atom is -0.494 e. The number of carbonyl (C=O) groups excluding carboxylic acids is 1. The molecule has 3 rings (SSSR count). The van der Waals surface area contributed by atoms with Gasteiger partial charge in [-0.05, 0) is 44.2 Å². The SMILES string of the molecule is COc1ccc(C(=O)/C=C/c2c(C)nc3sc(C)cn23)cc1F. The number of allylic oxidation sites excluding steroid dienone is 1. The monoisotopic (exact) mass is 330 g/mol. The summed E-state index contributed by atoms with van der Waals surface area (Å²) < 4.78 is 20.5. The summed E-state index contributed by atoms with van der Waals surface area (Å²) in [6.45, 7) is 3.90. The van der Waals surface area contributed by atoms with Crippen molar-refractivity contribution in [1.29, 1.82) is 0 Å². The van der Waals surface area contributed by atoms with Crippen LogP contribution in [0.4, 0.5) is 4.39 Å². The van der Waals surface area contributed by atoms with Crippen LogP contribution in [0.3, 0.4) is 0 Å². The fraction of sp³-hybridized carbons (Fsp3) is 0.176. The molecule has 0 bridgehead atoms. The number of ether oxygens (including phenoxy) is 1. The average Bonchev–Trinajstić information content (AvgIpc) is 3.00. The molecule has 0 atom stereocenters. The number of rotatable bonds is 4. The number of ketones is 1. The van der Waals surface area contributed by atoms with Crippen molar-refractivity contribution in [1.82, 2.24) is 9.38 Å². The van der Waals surface area contributed by atoms with Crippen LogP contribution < -0.4 is 4.74 Å². The molecule has 0 spiro atoms. The predicted octanol–water partition coefficient (Wildman–Crippen LogP) is 4.06. The summed E-state index contributed by atoms with van der Waals surface area (Å²) >= 11 is 1.59. The minimum atomic E-state index is -0.553. The number of halogens is 1. The third-order valence-electron chi connectivity index (χ3n) is 3.49. The van der Waals surface area contributed by atoms with Gasteiger partial charge < -0.3 is 4.74 Å². The zero-order chi connectivity index (χ0) is 16.6. The minimum absolute atomic E-state index is 0.118. The van der Waals surface area contributed by atoms with E-state index >= 15 is 0 Å². The van der Waals surface area contributed by atoms with Crippen LogP contribution in [0, 0.1) is 19.7 Å². The first-order valence-electron chi connectivity index (χ1n) is 7.00. The van der Waals surface area contributed by atoms with Gasteiger partial charge in [-0.15, -0.1) is 11.3 Å². The van der Waals surface area contributed by atoms with Crippen LogP contribution in [0.25, 0.3) is 11.0 Å². The number of hydrogen-bond acceptors (Lipinski definition) is 4. The Labute approximate surface area is 136 Å². The van der Waals surface area contributed by atoms with E-state index in [0.717, 1.165) is 21.2 Å². The molecule has 2 aromatic heterocycles. The number of thiazole rings is 1. The summed E-state index contributed by atoms with van der Waals surface area (Å²) in [7, 11) is 1.39. The summed E-state index contributed by atoms with van der Waals surface area (Å²) in [5.74, 6) is -0.705. The molecule has 0 aliphatic rings. The number of aromatic nitrogens is 2. The quantitative estimate of drug-likeness (QED) is 0.535. The second kappa shape index (κ2) is 5.96. The van der Waals surface area contributed by atoms with E-state index in [0.29, 0.717) is 0 Å². The second-order valence-corrected chi connectivity index (χ2v) is 6.34. The van der Waals surface area contributed by atoms with E-state index in [1.165, 1.54) is 25.3 Å². The maximum Gasteiger partial charge on any atom is 0.194 e. The van der Waals surface area contributed by atoms with E-state index in [2.05, 4.69) is 4.98 Å². The highest BCUT2D eigenvalue weighted by Gasteiger charge is 2.11. The molecule has 3 aromatic rings. The van der Waals surface area contributed by atoms with Crippen molar-refractivity contribution in [3.63, 3.8) is 0 Å². The van der Waals surface area contributed by atoms with Crippen LogP contribution in [0.5, 0.6) is 5.75 Å². The molecule has 6 heteroatoms. The van der Waals surface area contributed by atoms with Gasteiger partial charge in [0.15, 0.2) is 22.3 Å². The van der Waals surface area contributed by atoms with E-state index in [1.807, 2.05) is 24.4 Å². The molecule has 0 saturated heterocycles. The van der Waals surface area contributed by atoms with Crippen LogP contribution in [0.15, 0.2) is 30.5 Å². The van der Waals surface area contributed by atoms with Crippen LogP contribution in [0.1, 0.15) is 26.6 Å². The van der Waals surface area contributed by atoms with Gasteiger partial charge in [-0.2, -0.15) is 0 Å². The number of nitrogens with zero attached hydrogens (tertiary/aromatic N) is 2. The molecule has 0 N–H and O–H groups in total. The lowest BCUT2D eigenvalue weighted by Gasteiger charge is -2.02. The lowest BCUT2D eigenvalue weighted by atomic mass is 10.1. The van der Waals surface area contributed by atoms with Gasteiger partial charge in [-0.25, -0.2) is 9.37 Å². The molecule has 118 valence electrons. The summed E-state index contributed by atoms with van der Waals surface area (Å²) in [6.07, 6.45) is 5.13. The fourth-order valence-corrected chi connectivity index (χ4v) is 3.23. The summed E-state index contributed by atoms with van der Waals surface area (Å²) in [5, 5.41) is 0. The highest BCUT2D eigenvalue weighted by molar-refractivity contribution is 7.17. The van der Waals surface area contributed by atoms with Crippen LogP contribution >= 0.6 is 11.3 Å². The Balaban J connectivity index is 1.90. The largest absolute Gasteiger partial charge is 0.494 e. The zero-order valence-electron chi connectivity index (χ0n) is 13.0. The summed E-state index contributed by atoms with van der Waals surface area (Å²) in [4.78, 5) is 18.7. The Morgan fingerprint density at radius 2 is 2.17 bits per heavy atom. The standard InChI is InChI=1S/C17H15FN2O2S/c1-10-9-20-14(11(2)19-17(20)23-10)5-6-15(21)12-4-7-16(22-3)13(18)8-12/h4-9H,1-3H3/b6-5+. The molecule has 0 aliphatic heterocycles. The van der Waals surface area contributed by atoms with Crippen molar-refractivity contribution in [3.8, 4) is 5.75 Å².